The lowest BCUT2D eigenvalue weighted by atomic mass is 10.1. The first-order valence-corrected chi connectivity index (χ1v) is 8.03. The van der Waals surface area contributed by atoms with Crippen molar-refractivity contribution < 1.29 is 5.21 Å². The molecule has 0 amide bonds. The van der Waals surface area contributed by atoms with Gasteiger partial charge in [0.15, 0.2) is 5.84 Å². The Morgan fingerprint density at radius 1 is 1.43 bits per heavy atom. The molecule has 1 aliphatic heterocycles. The minimum atomic E-state index is 0.0278. The van der Waals surface area contributed by atoms with Crippen LogP contribution in [0.5, 0.6) is 0 Å². The van der Waals surface area contributed by atoms with E-state index in [0.29, 0.717) is 5.84 Å². The average Bonchev–Trinajstić information content (AvgIpc) is 2.53. The molecule has 1 fully saturated rings. The van der Waals surface area contributed by atoms with Gasteiger partial charge in [-0.15, -0.1) is 0 Å². The maximum absolute atomic E-state index is 8.93. The largest absolute Gasteiger partial charge is 0.409 e. The molecule has 0 bridgehead atoms. The molecule has 0 saturated carbocycles. The number of amidine groups is 1. The lowest BCUT2D eigenvalue weighted by molar-refractivity contribution is 0.211. The zero-order chi connectivity index (χ0) is 15.2. The summed E-state index contributed by atoms with van der Waals surface area (Å²) in [4.78, 5) is 8.98. The molecule has 6 nitrogen and oxygen atoms in total. The summed E-state index contributed by atoms with van der Waals surface area (Å²) in [6.07, 6.45) is 3.74. The van der Waals surface area contributed by atoms with Crippen LogP contribution in [0.4, 0.5) is 5.82 Å². The van der Waals surface area contributed by atoms with Crippen LogP contribution in [0.15, 0.2) is 28.0 Å². The normalized spacial score (nSPS) is 18.8. The second kappa shape index (κ2) is 7.61. The highest BCUT2D eigenvalue weighted by Crippen LogP contribution is 2.18. The van der Waals surface area contributed by atoms with E-state index >= 15 is 0 Å². The highest BCUT2D eigenvalue weighted by Gasteiger charge is 2.26. The van der Waals surface area contributed by atoms with Crippen LogP contribution in [0.2, 0.25) is 0 Å². The van der Waals surface area contributed by atoms with Gasteiger partial charge in [-0.25, -0.2) is 4.98 Å². The Hall–Kier alpha value is -1.34. The number of halogens is 1. The summed E-state index contributed by atoms with van der Waals surface area (Å²) in [5.74, 6) is 1.31. The van der Waals surface area contributed by atoms with Gasteiger partial charge in [0, 0.05) is 36.8 Å². The van der Waals surface area contributed by atoms with Crippen LogP contribution >= 0.6 is 15.9 Å². The molecule has 21 heavy (non-hydrogen) atoms. The summed E-state index contributed by atoms with van der Waals surface area (Å²) >= 11 is 3.40. The van der Waals surface area contributed by atoms with Crippen molar-refractivity contribution in [2.24, 2.45) is 10.9 Å². The van der Waals surface area contributed by atoms with Crippen LogP contribution in [0.1, 0.15) is 19.8 Å². The molecular weight excluding hydrogens is 334 g/mol. The number of piperazine rings is 1. The van der Waals surface area contributed by atoms with Crippen molar-refractivity contribution >= 4 is 27.6 Å². The fraction of sp³-hybridized carbons (Fsp3) is 0.571. The number of oxime groups is 1. The maximum atomic E-state index is 8.93. The van der Waals surface area contributed by atoms with Crippen molar-refractivity contribution in [3.8, 4) is 0 Å². The van der Waals surface area contributed by atoms with Crippen molar-refractivity contribution in [1.82, 2.24) is 9.88 Å². The number of pyridine rings is 1. The predicted molar refractivity (Wildman–Crippen MR) is 87.8 cm³/mol. The molecule has 1 aromatic heterocycles. The van der Waals surface area contributed by atoms with Crippen LogP contribution in [-0.4, -0.2) is 53.1 Å². The number of hydrogen-bond donors (Lipinski definition) is 2. The molecule has 0 radical (unpaired) electrons. The molecule has 0 aliphatic carbocycles. The Morgan fingerprint density at radius 2 is 2.14 bits per heavy atom. The minimum Gasteiger partial charge on any atom is -0.409 e. The van der Waals surface area contributed by atoms with Crippen LogP contribution in [0, 0.1) is 0 Å². The molecule has 1 unspecified atom stereocenters. The number of hydrogen-bond acceptors (Lipinski definition) is 5. The van der Waals surface area contributed by atoms with Gasteiger partial charge in [-0.1, -0.05) is 18.5 Å². The Morgan fingerprint density at radius 3 is 2.67 bits per heavy atom. The van der Waals surface area contributed by atoms with Gasteiger partial charge in [-0.05, 0) is 34.5 Å². The van der Waals surface area contributed by atoms with Gasteiger partial charge >= 0.3 is 0 Å². The van der Waals surface area contributed by atoms with Gasteiger partial charge < -0.3 is 15.8 Å². The highest BCUT2D eigenvalue weighted by molar-refractivity contribution is 9.10. The molecule has 1 saturated heterocycles. The lowest BCUT2D eigenvalue weighted by Gasteiger charge is -2.39. The van der Waals surface area contributed by atoms with E-state index in [-0.39, 0.29) is 6.04 Å². The first kappa shape index (κ1) is 16.0. The third kappa shape index (κ3) is 4.07. The first-order chi connectivity index (χ1) is 10.2. The van der Waals surface area contributed by atoms with E-state index in [0.717, 1.165) is 49.3 Å². The number of nitrogens with two attached hydrogens (primary N) is 1. The maximum Gasteiger partial charge on any atom is 0.156 e. The summed E-state index contributed by atoms with van der Waals surface area (Å²) in [6, 6.07) is 4.05. The molecule has 2 heterocycles. The highest BCUT2D eigenvalue weighted by atomic mass is 79.9. The summed E-state index contributed by atoms with van der Waals surface area (Å²) in [7, 11) is 0. The zero-order valence-electron chi connectivity index (χ0n) is 12.2. The molecule has 0 aromatic carbocycles. The van der Waals surface area contributed by atoms with Crippen molar-refractivity contribution in [2.45, 2.75) is 25.8 Å². The molecule has 0 spiro atoms. The lowest BCUT2D eigenvalue weighted by Crippen LogP contribution is -2.54. The van der Waals surface area contributed by atoms with Gasteiger partial charge in [0.1, 0.15) is 5.82 Å². The molecule has 2 rings (SSSR count). The smallest absolute Gasteiger partial charge is 0.156 e. The molecule has 1 aliphatic rings. The summed E-state index contributed by atoms with van der Waals surface area (Å²) < 4.78 is 0.986. The molecule has 3 N–H and O–H groups in total. The van der Waals surface area contributed by atoms with E-state index in [4.69, 9.17) is 10.9 Å². The molecular formula is C14H22BrN5O. The van der Waals surface area contributed by atoms with E-state index in [1.165, 1.54) is 0 Å². The number of rotatable bonds is 5. The molecule has 116 valence electrons. The Bertz CT molecular complexity index is 471. The summed E-state index contributed by atoms with van der Waals surface area (Å²) in [6.45, 7) is 5.68. The van der Waals surface area contributed by atoms with Gasteiger partial charge in [-0.2, -0.15) is 0 Å². The van der Waals surface area contributed by atoms with Gasteiger partial charge in [-0.3, -0.25) is 4.90 Å². The topological polar surface area (TPSA) is 78.0 Å². The van der Waals surface area contributed by atoms with Gasteiger partial charge in [0.25, 0.3) is 0 Å². The Kier molecular flexibility index (Phi) is 5.81. The van der Waals surface area contributed by atoms with Crippen LogP contribution in [-0.2, 0) is 0 Å². The van der Waals surface area contributed by atoms with Gasteiger partial charge in [0.05, 0.1) is 6.04 Å². The van der Waals surface area contributed by atoms with Crippen LogP contribution in [0.25, 0.3) is 0 Å². The SMILES string of the molecule is CCCC(C(N)=NO)N1CCN(c2ccc(Br)cn2)CC1. The van der Waals surface area contributed by atoms with E-state index in [9.17, 15) is 0 Å². The monoisotopic (exact) mass is 355 g/mol. The van der Waals surface area contributed by atoms with Crippen LogP contribution < -0.4 is 10.6 Å². The second-order valence-corrected chi connectivity index (χ2v) is 6.10. The van der Waals surface area contributed by atoms with Crippen molar-refractivity contribution in [3.63, 3.8) is 0 Å². The second-order valence-electron chi connectivity index (χ2n) is 5.19. The first-order valence-electron chi connectivity index (χ1n) is 7.23. The number of anilines is 1. The summed E-state index contributed by atoms with van der Waals surface area (Å²) in [5, 5.41) is 12.1. The van der Waals surface area contributed by atoms with Crippen molar-refractivity contribution in [2.75, 3.05) is 31.1 Å². The number of aromatic nitrogens is 1. The predicted octanol–water partition coefficient (Wildman–Crippen LogP) is 1.88. The van der Waals surface area contributed by atoms with E-state index < -0.39 is 0 Å². The number of nitrogens with zero attached hydrogens (tertiary/aromatic N) is 4. The quantitative estimate of drug-likeness (QED) is 0.365. The van der Waals surface area contributed by atoms with Crippen LogP contribution in [0.3, 0.4) is 0 Å². The fourth-order valence-electron chi connectivity index (χ4n) is 2.68. The minimum absolute atomic E-state index is 0.0278. The van der Waals surface area contributed by atoms with E-state index in [2.05, 4.69) is 42.8 Å². The van der Waals surface area contributed by atoms with E-state index in [1.807, 2.05) is 18.3 Å². The third-order valence-electron chi connectivity index (χ3n) is 3.81. The zero-order valence-corrected chi connectivity index (χ0v) is 13.8. The standard InChI is InChI=1S/C14H22BrN5O/c1-2-3-12(14(16)18-21)19-6-8-20(9-7-19)13-5-4-11(15)10-17-13/h4-5,10,12,21H,2-3,6-9H2,1H3,(H2,16,18). The molecule has 1 atom stereocenters. The Labute approximate surface area is 133 Å². The average molecular weight is 356 g/mol. The molecule has 7 heteroatoms. The summed E-state index contributed by atoms with van der Waals surface area (Å²) in [5.41, 5.74) is 5.82. The van der Waals surface area contributed by atoms with Crippen molar-refractivity contribution in [1.29, 1.82) is 0 Å². The van der Waals surface area contributed by atoms with Crippen molar-refractivity contribution in [3.05, 3.63) is 22.8 Å². The van der Waals surface area contributed by atoms with Gasteiger partial charge in [0.2, 0.25) is 0 Å². The fourth-order valence-corrected chi connectivity index (χ4v) is 2.91. The molecule has 1 aromatic rings. The Balaban J connectivity index is 1.97. The van der Waals surface area contributed by atoms with E-state index in [1.54, 1.807) is 0 Å². The third-order valence-corrected chi connectivity index (χ3v) is 4.28.